The van der Waals surface area contributed by atoms with Crippen LogP contribution < -0.4 is 4.74 Å². The minimum atomic E-state index is -3.27. The Morgan fingerprint density at radius 3 is 2.19 bits per heavy atom. The van der Waals surface area contributed by atoms with Crippen molar-refractivity contribution in [3.63, 3.8) is 0 Å². The SMILES string of the molecule is COc1ccc(C)cc1C(=O)c1ccc(S(C)(=O)=O)cc1. The van der Waals surface area contributed by atoms with E-state index in [-0.39, 0.29) is 10.7 Å². The summed E-state index contributed by atoms with van der Waals surface area (Å²) < 4.78 is 28.1. The summed E-state index contributed by atoms with van der Waals surface area (Å²) in [7, 11) is -1.76. The first-order valence-electron chi connectivity index (χ1n) is 6.32. The summed E-state index contributed by atoms with van der Waals surface area (Å²) in [5, 5.41) is 0. The number of hydrogen-bond acceptors (Lipinski definition) is 4. The average molecular weight is 304 g/mol. The average Bonchev–Trinajstić information content (AvgIpc) is 2.45. The summed E-state index contributed by atoms with van der Waals surface area (Å²) in [5.41, 5.74) is 1.84. The van der Waals surface area contributed by atoms with Gasteiger partial charge in [-0.25, -0.2) is 8.42 Å². The van der Waals surface area contributed by atoms with Crippen molar-refractivity contribution >= 4 is 15.6 Å². The Hall–Kier alpha value is -2.14. The largest absolute Gasteiger partial charge is 0.496 e. The lowest BCUT2D eigenvalue weighted by atomic mass is 10.0. The van der Waals surface area contributed by atoms with Crippen LogP contribution in [-0.2, 0) is 9.84 Å². The van der Waals surface area contributed by atoms with Gasteiger partial charge in [-0.2, -0.15) is 0 Å². The van der Waals surface area contributed by atoms with E-state index in [1.165, 1.54) is 31.4 Å². The van der Waals surface area contributed by atoms with Crippen LogP contribution in [0.25, 0.3) is 0 Å². The second kappa shape index (κ2) is 5.69. The van der Waals surface area contributed by atoms with Crippen molar-refractivity contribution in [2.45, 2.75) is 11.8 Å². The summed E-state index contributed by atoms with van der Waals surface area (Å²) in [4.78, 5) is 12.7. The molecule has 21 heavy (non-hydrogen) atoms. The maximum Gasteiger partial charge on any atom is 0.196 e. The number of ether oxygens (including phenoxy) is 1. The van der Waals surface area contributed by atoms with Crippen molar-refractivity contribution in [1.29, 1.82) is 0 Å². The van der Waals surface area contributed by atoms with Crippen LogP contribution in [0.5, 0.6) is 5.75 Å². The molecule has 4 nitrogen and oxygen atoms in total. The smallest absolute Gasteiger partial charge is 0.196 e. The Morgan fingerprint density at radius 2 is 1.67 bits per heavy atom. The van der Waals surface area contributed by atoms with Crippen molar-refractivity contribution in [1.82, 2.24) is 0 Å². The molecule has 0 unspecified atom stereocenters. The first-order valence-corrected chi connectivity index (χ1v) is 8.21. The number of carbonyl (C=O) groups is 1. The molecule has 0 aliphatic heterocycles. The van der Waals surface area contributed by atoms with Crippen LogP contribution in [0, 0.1) is 6.92 Å². The number of aryl methyl sites for hydroxylation is 1. The highest BCUT2D eigenvalue weighted by molar-refractivity contribution is 7.90. The monoisotopic (exact) mass is 304 g/mol. The van der Waals surface area contributed by atoms with Crippen LogP contribution >= 0.6 is 0 Å². The van der Waals surface area contributed by atoms with E-state index in [2.05, 4.69) is 0 Å². The second-order valence-corrected chi connectivity index (χ2v) is 6.85. The van der Waals surface area contributed by atoms with Gasteiger partial charge in [0.05, 0.1) is 17.6 Å². The molecule has 2 aromatic rings. The predicted octanol–water partition coefficient (Wildman–Crippen LogP) is 2.64. The lowest BCUT2D eigenvalue weighted by Gasteiger charge is -2.09. The van der Waals surface area contributed by atoms with Gasteiger partial charge in [0.1, 0.15) is 5.75 Å². The van der Waals surface area contributed by atoms with Crippen LogP contribution in [0.15, 0.2) is 47.4 Å². The molecule has 0 amide bonds. The fraction of sp³-hybridized carbons (Fsp3) is 0.188. The maximum absolute atomic E-state index is 12.5. The Kier molecular flexibility index (Phi) is 4.14. The minimum absolute atomic E-state index is 0.190. The van der Waals surface area contributed by atoms with Gasteiger partial charge in [0.15, 0.2) is 15.6 Å². The topological polar surface area (TPSA) is 60.4 Å². The maximum atomic E-state index is 12.5. The van der Waals surface area contributed by atoms with Crippen LogP contribution in [0.2, 0.25) is 0 Å². The zero-order valence-electron chi connectivity index (χ0n) is 12.1. The quantitative estimate of drug-likeness (QED) is 0.815. The predicted molar refractivity (Wildman–Crippen MR) is 80.7 cm³/mol. The van der Waals surface area contributed by atoms with Gasteiger partial charge in [0.25, 0.3) is 0 Å². The third-order valence-electron chi connectivity index (χ3n) is 3.14. The number of hydrogen-bond donors (Lipinski definition) is 0. The van der Waals surface area contributed by atoms with Crippen molar-refractivity contribution in [2.24, 2.45) is 0 Å². The summed E-state index contributed by atoms with van der Waals surface area (Å²) in [5.74, 6) is 0.299. The molecule has 2 rings (SSSR count). The van der Waals surface area contributed by atoms with E-state index in [0.717, 1.165) is 11.8 Å². The lowest BCUT2D eigenvalue weighted by Crippen LogP contribution is -2.05. The fourth-order valence-electron chi connectivity index (χ4n) is 2.01. The van der Waals surface area contributed by atoms with Gasteiger partial charge in [-0.3, -0.25) is 4.79 Å². The molecule has 0 aliphatic rings. The standard InChI is InChI=1S/C16H16O4S/c1-11-4-9-15(20-2)14(10-11)16(17)12-5-7-13(8-6-12)21(3,18)19/h4-10H,1-3H3. The molecule has 0 fully saturated rings. The molecule has 2 aromatic carbocycles. The number of sulfone groups is 1. The highest BCUT2D eigenvalue weighted by atomic mass is 32.2. The van der Waals surface area contributed by atoms with E-state index in [4.69, 9.17) is 4.74 Å². The minimum Gasteiger partial charge on any atom is -0.496 e. The molecule has 0 radical (unpaired) electrons. The summed E-state index contributed by atoms with van der Waals surface area (Å²) in [6.07, 6.45) is 1.13. The first kappa shape index (κ1) is 15.3. The van der Waals surface area contributed by atoms with Crippen LogP contribution in [0.4, 0.5) is 0 Å². The molecule has 0 saturated carbocycles. The Balaban J connectivity index is 2.43. The van der Waals surface area contributed by atoms with Gasteiger partial charge in [-0.15, -0.1) is 0 Å². The molecule has 110 valence electrons. The fourth-order valence-corrected chi connectivity index (χ4v) is 2.64. The molecular formula is C16H16O4S. The number of methoxy groups -OCH3 is 1. The summed E-state index contributed by atoms with van der Waals surface area (Å²) in [6.45, 7) is 1.89. The molecule has 0 aromatic heterocycles. The zero-order valence-corrected chi connectivity index (χ0v) is 12.9. The van der Waals surface area contributed by atoms with E-state index >= 15 is 0 Å². The number of rotatable bonds is 4. The molecule has 0 heterocycles. The number of ketones is 1. The Labute approximate surface area is 124 Å². The first-order chi connectivity index (χ1) is 9.82. The van der Waals surface area contributed by atoms with Crippen LogP contribution in [-0.4, -0.2) is 27.6 Å². The van der Waals surface area contributed by atoms with Gasteiger partial charge < -0.3 is 4.74 Å². The van der Waals surface area contributed by atoms with Crippen molar-refractivity contribution in [3.8, 4) is 5.75 Å². The van der Waals surface area contributed by atoms with E-state index in [1.54, 1.807) is 12.1 Å². The molecule has 0 saturated heterocycles. The molecule has 0 aliphatic carbocycles. The summed E-state index contributed by atoms with van der Waals surface area (Å²) >= 11 is 0. The van der Waals surface area contributed by atoms with Gasteiger partial charge in [0, 0.05) is 11.8 Å². The summed E-state index contributed by atoms with van der Waals surface area (Å²) in [6, 6.07) is 11.3. The van der Waals surface area contributed by atoms with E-state index in [0.29, 0.717) is 16.9 Å². The third-order valence-corrected chi connectivity index (χ3v) is 4.27. The molecule has 0 spiro atoms. The lowest BCUT2D eigenvalue weighted by molar-refractivity contribution is 0.103. The third kappa shape index (κ3) is 3.31. The highest BCUT2D eigenvalue weighted by Gasteiger charge is 2.15. The van der Waals surface area contributed by atoms with Crippen molar-refractivity contribution in [3.05, 3.63) is 59.2 Å². The second-order valence-electron chi connectivity index (χ2n) is 4.83. The van der Waals surface area contributed by atoms with Gasteiger partial charge in [-0.05, 0) is 43.3 Å². The number of carbonyl (C=O) groups excluding carboxylic acids is 1. The Morgan fingerprint density at radius 1 is 1.05 bits per heavy atom. The van der Waals surface area contributed by atoms with Crippen molar-refractivity contribution in [2.75, 3.05) is 13.4 Å². The molecule has 5 heteroatoms. The van der Waals surface area contributed by atoms with Gasteiger partial charge in [0.2, 0.25) is 0 Å². The van der Waals surface area contributed by atoms with Gasteiger partial charge >= 0.3 is 0 Å². The van der Waals surface area contributed by atoms with Gasteiger partial charge in [-0.1, -0.05) is 11.6 Å². The van der Waals surface area contributed by atoms with Crippen LogP contribution in [0.1, 0.15) is 21.5 Å². The van der Waals surface area contributed by atoms with Crippen molar-refractivity contribution < 1.29 is 17.9 Å². The highest BCUT2D eigenvalue weighted by Crippen LogP contribution is 2.23. The van der Waals surface area contributed by atoms with E-state index in [1.807, 2.05) is 13.0 Å². The molecular weight excluding hydrogens is 288 g/mol. The number of benzene rings is 2. The van der Waals surface area contributed by atoms with Crippen LogP contribution in [0.3, 0.4) is 0 Å². The van der Waals surface area contributed by atoms with E-state index in [9.17, 15) is 13.2 Å². The molecule has 0 bridgehead atoms. The molecule has 0 atom stereocenters. The van der Waals surface area contributed by atoms with E-state index < -0.39 is 9.84 Å². The Bertz CT molecular complexity index is 774. The normalized spacial score (nSPS) is 11.2. The zero-order chi connectivity index (χ0) is 15.6. The molecule has 0 N–H and O–H groups in total.